The van der Waals surface area contributed by atoms with E-state index in [0.717, 1.165) is 37.4 Å². The van der Waals surface area contributed by atoms with Crippen molar-refractivity contribution in [1.29, 1.82) is 0 Å². The van der Waals surface area contributed by atoms with Gasteiger partial charge < -0.3 is 19.9 Å². The van der Waals surface area contributed by atoms with Gasteiger partial charge in [0.1, 0.15) is 5.70 Å². The predicted molar refractivity (Wildman–Crippen MR) is 90.0 cm³/mol. The van der Waals surface area contributed by atoms with E-state index in [1.54, 1.807) is 6.08 Å². The van der Waals surface area contributed by atoms with Gasteiger partial charge in [0.25, 0.3) is 0 Å². The number of rotatable bonds is 4. The SMILES string of the molecule is COC(=O)C(=Cc1ccc(N2CCN(C)CC2)cc1)NC(C)=O. The Bertz CT molecular complexity index is 588. The molecule has 0 unspecified atom stereocenters. The molecule has 6 heteroatoms. The van der Waals surface area contributed by atoms with E-state index in [0.29, 0.717) is 0 Å². The molecule has 0 spiro atoms. The average Bonchev–Trinajstić information content (AvgIpc) is 2.54. The Kier molecular flexibility index (Phi) is 5.76. The zero-order valence-corrected chi connectivity index (χ0v) is 13.8. The highest BCUT2D eigenvalue weighted by Gasteiger charge is 2.14. The summed E-state index contributed by atoms with van der Waals surface area (Å²) in [5.74, 6) is -0.876. The lowest BCUT2D eigenvalue weighted by atomic mass is 10.1. The zero-order valence-electron chi connectivity index (χ0n) is 13.8. The van der Waals surface area contributed by atoms with E-state index < -0.39 is 5.97 Å². The Balaban J connectivity index is 2.12. The minimum atomic E-state index is -0.566. The van der Waals surface area contributed by atoms with Crippen molar-refractivity contribution in [1.82, 2.24) is 10.2 Å². The van der Waals surface area contributed by atoms with Gasteiger partial charge in [0.15, 0.2) is 0 Å². The van der Waals surface area contributed by atoms with Gasteiger partial charge in [0, 0.05) is 38.8 Å². The molecule has 1 heterocycles. The van der Waals surface area contributed by atoms with Gasteiger partial charge in [-0.25, -0.2) is 4.79 Å². The van der Waals surface area contributed by atoms with Crippen LogP contribution in [0.25, 0.3) is 6.08 Å². The summed E-state index contributed by atoms with van der Waals surface area (Å²) in [5, 5.41) is 2.49. The smallest absolute Gasteiger partial charge is 0.354 e. The number of methoxy groups -OCH3 is 1. The number of ether oxygens (including phenoxy) is 1. The fourth-order valence-electron chi connectivity index (χ4n) is 2.46. The number of nitrogens with zero attached hydrogens (tertiary/aromatic N) is 2. The molecule has 1 aromatic rings. The molecule has 1 amide bonds. The highest BCUT2D eigenvalue weighted by molar-refractivity contribution is 5.97. The monoisotopic (exact) mass is 317 g/mol. The summed E-state index contributed by atoms with van der Waals surface area (Å²) < 4.78 is 4.68. The number of piperazine rings is 1. The maximum absolute atomic E-state index is 11.7. The van der Waals surface area contributed by atoms with Crippen molar-refractivity contribution in [2.75, 3.05) is 45.2 Å². The lowest BCUT2D eigenvalue weighted by molar-refractivity contribution is -0.137. The summed E-state index contributed by atoms with van der Waals surface area (Å²) in [5.41, 5.74) is 2.12. The Morgan fingerprint density at radius 3 is 2.26 bits per heavy atom. The van der Waals surface area contributed by atoms with Crippen molar-refractivity contribution >= 4 is 23.6 Å². The Morgan fingerprint density at radius 1 is 1.13 bits per heavy atom. The fraction of sp³-hybridized carbons (Fsp3) is 0.412. The van der Waals surface area contributed by atoms with Crippen LogP contribution in [-0.2, 0) is 14.3 Å². The van der Waals surface area contributed by atoms with E-state index in [-0.39, 0.29) is 11.6 Å². The molecular formula is C17H23N3O3. The number of hydrogen-bond acceptors (Lipinski definition) is 5. The van der Waals surface area contributed by atoms with Crippen LogP contribution in [0.1, 0.15) is 12.5 Å². The molecule has 1 fully saturated rings. The van der Waals surface area contributed by atoms with Gasteiger partial charge in [0.05, 0.1) is 7.11 Å². The van der Waals surface area contributed by atoms with Gasteiger partial charge in [0.2, 0.25) is 5.91 Å². The molecular weight excluding hydrogens is 294 g/mol. The molecule has 23 heavy (non-hydrogen) atoms. The molecule has 0 atom stereocenters. The van der Waals surface area contributed by atoms with Crippen molar-refractivity contribution in [3.8, 4) is 0 Å². The first-order valence-electron chi connectivity index (χ1n) is 7.61. The second-order valence-electron chi connectivity index (χ2n) is 5.61. The second-order valence-corrected chi connectivity index (χ2v) is 5.61. The Morgan fingerprint density at radius 2 is 1.74 bits per heavy atom. The molecule has 1 aliphatic heterocycles. The lowest BCUT2D eigenvalue weighted by Crippen LogP contribution is -2.44. The third-order valence-electron chi connectivity index (χ3n) is 3.79. The Hall–Kier alpha value is -2.34. The van der Waals surface area contributed by atoms with Crippen LogP contribution in [0.15, 0.2) is 30.0 Å². The minimum absolute atomic E-state index is 0.132. The molecule has 0 bridgehead atoms. The van der Waals surface area contributed by atoms with Crippen LogP contribution in [-0.4, -0.2) is 57.1 Å². The van der Waals surface area contributed by atoms with Crippen molar-refractivity contribution in [3.05, 3.63) is 35.5 Å². The van der Waals surface area contributed by atoms with Gasteiger partial charge in [-0.15, -0.1) is 0 Å². The summed E-state index contributed by atoms with van der Waals surface area (Å²) in [7, 11) is 3.41. The summed E-state index contributed by atoms with van der Waals surface area (Å²) in [6.45, 7) is 5.47. The van der Waals surface area contributed by atoms with E-state index in [1.807, 2.05) is 24.3 Å². The molecule has 1 aromatic carbocycles. The van der Waals surface area contributed by atoms with Gasteiger partial charge in [-0.1, -0.05) is 12.1 Å². The van der Waals surface area contributed by atoms with Gasteiger partial charge in [-0.2, -0.15) is 0 Å². The predicted octanol–water partition coefficient (Wildman–Crippen LogP) is 1.09. The van der Waals surface area contributed by atoms with Crippen LogP contribution in [0.2, 0.25) is 0 Å². The quantitative estimate of drug-likeness (QED) is 0.665. The third kappa shape index (κ3) is 4.82. The highest BCUT2D eigenvalue weighted by Crippen LogP contribution is 2.18. The molecule has 1 aliphatic rings. The number of carbonyl (C=O) groups is 2. The standard InChI is InChI=1S/C17H23N3O3/c1-13(21)18-16(17(22)23-3)12-14-4-6-15(7-5-14)20-10-8-19(2)9-11-20/h4-7,12H,8-11H2,1-3H3,(H,18,21). The lowest BCUT2D eigenvalue weighted by Gasteiger charge is -2.34. The largest absolute Gasteiger partial charge is 0.464 e. The first-order valence-corrected chi connectivity index (χ1v) is 7.61. The maximum atomic E-state index is 11.7. The van der Waals surface area contributed by atoms with Crippen LogP contribution in [0.5, 0.6) is 0 Å². The summed E-state index contributed by atoms with van der Waals surface area (Å²) in [6.07, 6.45) is 1.61. The van der Waals surface area contributed by atoms with Crippen LogP contribution in [0, 0.1) is 0 Å². The molecule has 124 valence electrons. The number of likely N-dealkylation sites (N-methyl/N-ethyl adjacent to an activating group) is 1. The molecule has 1 N–H and O–H groups in total. The molecule has 6 nitrogen and oxygen atoms in total. The van der Waals surface area contributed by atoms with Gasteiger partial charge in [-0.05, 0) is 30.8 Å². The molecule has 0 aliphatic carbocycles. The van der Waals surface area contributed by atoms with Crippen LogP contribution < -0.4 is 10.2 Å². The van der Waals surface area contributed by atoms with E-state index in [4.69, 9.17) is 0 Å². The van der Waals surface area contributed by atoms with Crippen molar-refractivity contribution in [2.45, 2.75) is 6.92 Å². The van der Waals surface area contributed by atoms with E-state index in [2.05, 4.69) is 26.9 Å². The average molecular weight is 317 g/mol. The van der Waals surface area contributed by atoms with Crippen molar-refractivity contribution in [3.63, 3.8) is 0 Å². The first kappa shape index (κ1) is 17.0. The van der Waals surface area contributed by atoms with Crippen LogP contribution in [0.4, 0.5) is 5.69 Å². The van der Waals surface area contributed by atoms with Gasteiger partial charge in [-0.3, -0.25) is 4.79 Å². The molecule has 1 saturated heterocycles. The molecule has 2 rings (SSSR count). The molecule has 0 radical (unpaired) electrons. The summed E-state index contributed by atoms with van der Waals surface area (Å²) >= 11 is 0. The topological polar surface area (TPSA) is 61.9 Å². The summed E-state index contributed by atoms with van der Waals surface area (Å²) in [6, 6.07) is 7.91. The molecule has 0 aromatic heterocycles. The van der Waals surface area contributed by atoms with E-state index in [9.17, 15) is 9.59 Å². The summed E-state index contributed by atoms with van der Waals surface area (Å²) in [4.78, 5) is 27.5. The van der Waals surface area contributed by atoms with Crippen molar-refractivity contribution in [2.24, 2.45) is 0 Å². The van der Waals surface area contributed by atoms with E-state index in [1.165, 1.54) is 14.0 Å². The van der Waals surface area contributed by atoms with Crippen molar-refractivity contribution < 1.29 is 14.3 Å². The van der Waals surface area contributed by atoms with Crippen LogP contribution in [0.3, 0.4) is 0 Å². The number of carbonyl (C=O) groups excluding carboxylic acids is 2. The maximum Gasteiger partial charge on any atom is 0.354 e. The van der Waals surface area contributed by atoms with E-state index >= 15 is 0 Å². The number of anilines is 1. The second kappa shape index (κ2) is 7.78. The van der Waals surface area contributed by atoms with Gasteiger partial charge >= 0.3 is 5.97 Å². The number of amides is 1. The zero-order chi connectivity index (χ0) is 16.8. The number of esters is 1. The number of benzene rings is 1. The van der Waals surface area contributed by atoms with Crippen LogP contribution >= 0.6 is 0 Å². The Labute approximate surface area is 136 Å². The minimum Gasteiger partial charge on any atom is -0.464 e. The normalized spacial score (nSPS) is 16.1. The molecule has 0 saturated carbocycles. The fourth-order valence-corrected chi connectivity index (χ4v) is 2.46. The first-order chi connectivity index (χ1) is 11.0. The number of hydrogen-bond donors (Lipinski definition) is 1. The third-order valence-corrected chi connectivity index (χ3v) is 3.79. The number of nitrogens with one attached hydrogen (secondary N) is 1. The highest BCUT2D eigenvalue weighted by atomic mass is 16.5.